The molecule has 0 bridgehead atoms. The molecule has 4 heteroatoms. The Balaban J connectivity index is 0.00000180. The smallest absolute Gasteiger partial charge is 0.236 e. The summed E-state index contributed by atoms with van der Waals surface area (Å²) in [6, 6.07) is 10.6. The average molecular weight is 283 g/mol. The van der Waals surface area contributed by atoms with Gasteiger partial charge < -0.3 is 10.2 Å². The molecule has 1 aromatic rings. The van der Waals surface area contributed by atoms with Crippen molar-refractivity contribution in [2.45, 2.75) is 19.3 Å². The monoisotopic (exact) mass is 282 g/mol. The van der Waals surface area contributed by atoms with E-state index in [9.17, 15) is 4.79 Å². The molecule has 0 saturated carbocycles. The van der Waals surface area contributed by atoms with Gasteiger partial charge in [-0.25, -0.2) is 0 Å². The third kappa shape index (κ3) is 4.84. The molecule has 0 aliphatic carbocycles. The summed E-state index contributed by atoms with van der Waals surface area (Å²) in [6.07, 6.45) is 3.41. The van der Waals surface area contributed by atoms with Crippen molar-refractivity contribution in [2.75, 3.05) is 26.7 Å². The number of halogens is 1. The fourth-order valence-corrected chi connectivity index (χ4v) is 2.60. The van der Waals surface area contributed by atoms with Crippen molar-refractivity contribution in [1.29, 1.82) is 0 Å². The largest absolute Gasteiger partial charge is 0.342 e. The number of amides is 1. The maximum absolute atomic E-state index is 11.7. The number of nitrogens with one attached hydrogen (secondary N) is 1. The predicted molar refractivity (Wildman–Crippen MR) is 80.6 cm³/mol. The zero-order chi connectivity index (χ0) is 12.8. The van der Waals surface area contributed by atoms with E-state index >= 15 is 0 Å². The maximum atomic E-state index is 11.7. The Hall–Kier alpha value is -1.06. The molecule has 1 aliphatic heterocycles. The highest BCUT2D eigenvalue weighted by atomic mass is 35.5. The number of nitrogens with zero attached hydrogens (tertiary/aromatic N) is 1. The predicted octanol–water partition coefficient (Wildman–Crippen LogP) is 2.11. The lowest BCUT2D eigenvalue weighted by Gasteiger charge is -2.32. The summed E-state index contributed by atoms with van der Waals surface area (Å²) in [6.45, 7) is 2.29. The van der Waals surface area contributed by atoms with Crippen LogP contribution in [0.1, 0.15) is 18.4 Å². The molecule has 0 spiro atoms. The van der Waals surface area contributed by atoms with E-state index in [1.807, 2.05) is 11.9 Å². The number of hydrogen-bond donors (Lipinski definition) is 1. The van der Waals surface area contributed by atoms with Crippen LogP contribution in [0.25, 0.3) is 0 Å². The van der Waals surface area contributed by atoms with E-state index in [4.69, 9.17) is 0 Å². The highest BCUT2D eigenvalue weighted by Gasteiger charge is 2.22. The van der Waals surface area contributed by atoms with E-state index in [1.54, 1.807) is 0 Å². The fourth-order valence-electron chi connectivity index (χ4n) is 2.60. The van der Waals surface area contributed by atoms with Crippen LogP contribution < -0.4 is 5.32 Å². The summed E-state index contributed by atoms with van der Waals surface area (Å²) in [5, 5.41) is 2.92. The summed E-state index contributed by atoms with van der Waals surface area (Å²) >= 11 is 0. The van der Waals surface area contributed by atoms with Gasteiger partial charge in [0.05, 0.1) is 6.54 Å². The normalized spacial score (nSPS) is 15.9. The van der Waals surface area contributed by atoms with Crippen molar-refractivity contribution < 1.29 is 4.79 Å². The number of piperidine rings is 1. The van der Waals surface area contributed by atoms with Crippen LogP contribution in [0.4, 0.5) is 0 Å². The van der Waals surface area contributed by atoms with Crippen LogP contribution >= 0.6 is 12.4 Å². The minimum absolute atomic E-state index is 0. The molecular formula is C15H23ClN2O. The Morgan fingerprint density at radius 2 is 1.89 bits per heavy atom. The van der Waals surface area contributed by atoms with Crippen molar-refractivity contribution in [3.63, 3.8) is 0 Å². The molecule has 1 heterocycles. The van der Waals surface area contributed by atoms with Gasteiger partial charge in [-0.1, -0.05) is 30.3 Å². The molecule has 19 heavy (non-hydrogen) atoms. The van der Waals surface area contributed by atoms with Crippen LogP contribution in [0, 0.1) is 5.92 Å². The average Bonchev–Trinajstić information content (AvgIpc) is 2.41. The van der Waals surface area contributed by atoms with E-state index < -0.39 is 0 Å². The zero-order valence-corrected chi connectivity index (χ0v) is 12.3. The van der Waals surface area contributed by atoms with Crippen LogP contribution in [-0.2, 0) is 11.2 Å². The molecule has 0 radical (unpaired) electrons. The highest BCUT2D eigenvalue weighted by molar-refractivity contribution is 5.85. The number of carbonyl (C=O) groups excluding carboxylic acids is 1. The van der Waals surface area contributed by atoms with E-state index in [0.29, 0.717) is 6.54 Å². The third-order valence-electron chi connectivity index (χ3n) is 3.66. The van der Waals surface area contributed by atoms with Gasteiger partial charge in [-0.15, -0.1) is 12.4 Å². The minimum atomic E-state index is 0. The second-order valence-electron chi connectivity index (χ2n) is 5.04. The summed E-state index contributed by atoms with van der Waals surface area (Å²) in [4.78, 5) is 13.7. The zero-order valence-electron chi connectivity index (χ0n) is 11.5. The molecule has 3 nitrogen and oxygen atoms in total. The lowest BCUT2D eigenvalue weighted by atomic mass is 9.90. The fraction of sp³-hybridized carbons (Fsp3) is 0.533. The van der Waals surface area contributed by atoms with E-state index in [0.717, 1.165) is 38.3 Å². The minimum Gasteiger partial charge on any atom is -0.342 e. The van der Waals surface area contributed by atoms with Gasteiger partial charge in [0.2, 0.25) is 5.91 Å². The molecule has 0 atom stereocenters. The van der Waals surface area contributed by atoms with Gasteiger partial charge >= 0.3 is 0 Å². The summed E-state index contributed by atoms with van der Waals surface area (Å²) in [5.74, 6) is 0.960. The van der Waals surface area contributed by atoms with Crippen molar-refractivity contribution in [2.24, 2.45) is 5.92 Å². The summed E-state index contributed by atoms with van der Waals surface area (Å²) in [7, 11) is 1.82. The van der Waals surface area contributed by atoms with Crippen LogP contribution in [0.15, 0.2) is 30.3 Å². The molecule has 1 N–H and O–H groups in total. The van der Waals surface area contributed by atoms with Crippen LogP contribution in [0.2, 0.25) is 0 Å². The van der Waals surface area contributed by atoms with Gasteiger partial charge in [0, 0.05) is 13.1 Å². The van der Waals surface area contributed by atoms with E-state index in [2.05, 4.69) is 35.6 Å². The summed E-state index contributed by atoms with van der Waals surface area (Å²) in [5.41, 5.74) is 1.41. The Kier molecular flexibility index (Phi) is 6.89. The van der Waals surface area contributed by atoms with Crippen molar-refractivity contribution >= 4 is 18.3 Å². The second-order valence-corrected chi connectivity index (χ2v) is 5.04. The first kappa shape index (κ1) is 16.0. The number of likely N-dealkylation sites (N-methyl/N-ethyl adjacent to an activating group) is 1. The van der Waals surface area contributed by atoms with Crippen LogP contribution in [0.3, 0.4) is 0 Å². The van der Waals surface area contributed by atoms with Gasteiger partial charge in [0.25, 0.3) is 0 Å². The first-order valence-electron chi connectivity index (χ1n) is 6.76. The molecule has 0 aromatic heterocycles. The Morgan fingerprint density at radius 1 is 1.26 bits per heavy atom. The summed E-state index contributed by atoms with van der Waals surface area (Å²) < 4.78 is 0. The molecule has 2 rings (SSSR count). The molecule has 1 aliphatic rings. The number of benzene rings is 1. The van der Waals surface area contributed by atoms with E-state index in [1.165, 1.54) is 5.56 Å². The lowest BCUT2D eigenvalue weighted by Crippen LogP contribution is -2.42. The van der Waals surface area contributed by atoms with E-state index in [-0.39, 0.29) is 18.3 Å². The first-order valence-corrected chi connectivity index (χ1v) is 6.76. The Bertz CT molecular complexity index is 375. The molecule has 1 amide bonds. The number of hydrogen-bond acceptors (Lipinski definition) is 2. The molecule has 1 saturated heterocycles. The first-order chi connectivity index (χ1) is 8.79. The van der Waals surface area contributed by atoms with Gasteiger partial charge in [0.1, 0.15) is 0 Å². The lowest BCUT2D eigenvalue weighted by molar-refractivity contribution is -0.131. The Labute approximate surface area is 121 Å². The molecule has 0 unspecified atom stereocenters. The van der Waals surface area contributed by atoms with Gasteiger partial charge in [0.15, 0.2) is 0 Å². The molecule has 1 fully saturated rings. The maximum Gasteiger partial charge on any atom is 0.236 e. The van der Waals surface area contributed by atoms with Gasteiger partial charge in [-0.2, -0.15) is 0 Å². The number of likely N-dealkylation sites (tertiary alicyclic amines) is 1. The topological polar surface area (TPSA) is 32.3 Å². The van der Waals surface area contributed by atoms with Crippen molar-refractivity contribution in [3.05, 3.63) is 35.9 Å². The standard InChI is InChI=1S/C15H22N2O.ClH/c1-16-12-15(18)17-9-7-14(8-10-17)11-13-5-3-2-4-6-13;/h2-6,14,16H,7-12H2,1H3;1H. The van der Waals surface area contributed by atoms with Crippen LogP contribution in [0.5, 0.6) is 0 Å². The van der Waals surface area contributed by atoms with Gasteiger partial charge in [-0.05, 0) is 37.8 Å². The third-order valence-corrected chi connectivity index (χ3v) is 3.66. The molecule has 106 valence electrons. The van der Waals surface area contributed by atoms with Crippen molar-refractivity contribution in [3.8, 4) is 0 Å². The molecule has 1 aromatic carbocycles. The van der Waals surface area contributed by atoms with Gasteiger partial charge in [-0.3, -0.25) is 4.79 Å². The highest BCUT2D eigenvalue weighted by Crippen LogP contribution is 2.21. The quantitative estimate of drug-likeness (QED) is 0.917. The SMILES string of the molecule is CNCC(=O)N1CCC(Cc2ccccc2)CC1.Cl. The number of carbonyl (C=O) groups is 1. The second kappa shape index (κ2) is 8.18. The van der Waals surface area contributed by atoms with Crippen molar-refractivity contribution in [1.82, 2.24) is 10.2 Å². The number of rotatable bonds is 4. The Morgan fingerprint density at radius 3 is 2.47 bits per heavy atom. The molecular weight excluding hydrogens is 260 g/mol. The van der Waals surface area contributed by atoms with Crippen LogP contribution in [-0.4, -0.2) is 37.5 Å².